The molecule has 0 spiro atoms. The SMILES string of the molecule is CC(NC(=O)c1cccc(S(=O)(=O)Cl)c1)C1CC1. The van der Waals surface area contributed by atoms with E-state index in [9.17, 15) is 13.2 Å². The zero-order valence-corrected chi connectivity index (χ0v) is 11.5. The van der Waals surface area contributed by atoms with Gasteiger partial charge in [-0.05, 0) is 43.9 Å². The van der Waals surface area contributed by atoms with Crippen LogP contribution >= 0.6 is 10.7 Å². The molecule has 6 heteroatoms. The molecule has 1 N–H and O–H groups in total. The highest BCUT2D eigenvalue weighted by Crippen LogP contribution is 2.32. The van der Waals surface area contributed by atoms with Crippen LogP contribution in [0.15, 0.2) is 29.2 Å². The van der Waals surface area contributed by atoms with E-state index in [1.54, 1.807) is 6.07 Å². The van der Waals surface area contributed by atoms with Crippen molar-refractivity contribution in [2.75, 3.05) is 0 Å². The molecular weight excluding hydrogens is 274 g/mol. The third kappa shape index (κ3) is 3.23. The second-order valence-corrected chi connectivity index (χ2v) is 7.13. The van der Waals surface area contributed by atoms with Crippen LogP contribution in [-0.4, -0.2) is 20.4 Å². The van der Waals surface area contributed by atoms with E-state index >= 15 is 0 Å². The van der Waals surface area contributed by atoms with Crippen LogP contribution in [0, 0.1) is 5.92 Å². The molecule has 1 fully saturated rings. The highest BCUT2D eigenvalue weighted by atomic mass is 35.7. The van der Waals surface area contributed by atoms with E-state index in [1.165, 1.54) is 18.2 Å². The average molecular weight is 288 g/mol. The molecule has 0 aromatic heterocycles. The van der Waals surface area contributed by atoms with Gasteiger partial charge in [0, 0.05) is 22.3 Å². The standard InChI is InChI=1S/C12H14ClNO3S/c1-8(9-5-6-9)14-12(15)10-3-2-4-11(7-10)18(13,16)17/h2-4,7-9H,5-6H2,1H3,(H,14,15). The Morgan fingerprint density at radius 1 is 1.44 bits per heavy atom. The van der Waals surface area contributed by atoms with E-state index in [0.29, 0.717) is 11.5 Å². The van der Waals surface area contributed by atoms with Crippen LogP contribution in [0.25, 0.3) is 0 Å². The quantitative estimate of drug-likeness (QED) is 0.863. The van der Waals surface area contributed by atoms with Crippen LogP contribution in [0.1, 0.15) is 30.1 Å². The van der Waals surface area contributed by atoms with Crippen molar-refractivity contribution in [3.05, 3.63) is 29.8 Å². The first-order valence-electron chi connectivity index (χ1n) is 5.73. The van der Waals surface area contributed by atoms with Crippen LogP contribution in [0.5, 0.6) is 0 Å². The fourth-order valence-electron chi connectivity index (χ4n) is 1.79. The maximum absolute atomic E-state index is 11.9. The van der Waals surface area contributed by atoms with Crippen molar-refractivity contribution in [3.63, 3.8) is 0 Å². The van der Waals surface area contributed by atoms with Crippen LogP contribution in [-0.2, 0) is 9.05 Å². The monoisotopic (exact) mass is 287 g/mol. The van der Waals surface area contributed by atoms with Crippen molar-refractivity contribution in [3.8, 4) is 0 Å². The fraction of sp³-hybridized carbons (Fsp3) is 0.417. The van der Waals surface area contributed by atoms with Crippen molar-refractivity contribution in [1.29, 1.82) is 0 Å². The van der Waals surface area contributed by atoms with Crippen molar-refractivity contribution in [1.82, 2.24) is 5.32 Å². The van der Waals surface area contributed by atoms with E-state index in [1.807, 2.05) is 6.92 Å². The molecule has 1 aliphatic rings. The molecule has 18 heavy (non-hydrogen) atoms. The predicted molar refractivity (Wildman–Crippen MR) is 69.1 cm³/mol. The van der Waals surface area contributed by atoms with Gasteiger partial charge in [0.2, 0.25) is 0 Å². The van der Waals surface area contributed by atoms with E-state index in [4.69, 9.17) is 10.7 Å². The Balaban J connectivity index is 2.15. The van der Waals surface area contributed by atoms with Gasteiger partial charge >= 0.3 is 0 Å². The molecule has 0 bridgehead atoms. The fourth-order valence-corrected chi connectivity index (χ4v) is 2.59. The lowest BCUT2D eigenvalue weighted by atomic mass is 10.1. The first-order chi connectivity index (χ1) is 8.38. The molecule has 0 heterocycles. The second-order valence-electron chi connectivity index (χ2n) is 4.57. The van der Waals surface area contributed by atoms with Gasteiger partial charge in [-0.25, -0.2) is 8.42 Å². The van der Waals surface area contributed by atoms with Gasteiger partial charge in [0.15, 0.2) is 0 Å². The minimum Gasteiger partial charge on any atom is -0.349 e. The first-order valence-corrected chi connectivity index (χ1v) is 8.04. The third-order valence-corrected chi connectivity index (χ3v) is 4.42. The zero-order valence-electron chi connectivity index (χ0n) is 9.89. The van der Waals surface area contributed by atoms with E-state index < -0.39 is 9.05 Å². The Morgan fingerprint density at radius 3 is 2.67 bits per heavy atom. The number of halogens is 1. The number of nitrogens with one attached hydrogen (secondary N) is 1. The number of benzene rings is 1. The number of amides is 1. The summed E-state index contributed by atoms with van der Waals surface area (Å²) in [5, 5.41) is 2.86. The summed E-state index contributed by atoms with van der Waals surface area (Å²) in [6.45, 7) is 1.96. The lowest BCUT2D eigenvalue weighted by Gasteiger charge is -2.12. The van der Waals surface area contributed by atoms with Gasteiger partial charge in [-0.3, -0.25) is 4.79 Å². The van der Waals surface area contributed by atoms with E-state index in [0.717, 1.165) is 12.8 Å². The Morgan fingerprint density at radius 2 is 2.11 bits per heavy atom. The van der Waals surface area contributed by atoms with Gasteiger partial charge in [-0.2, -0.15) is 0 Å². The molecule has 0 saturated heterocycles. The summed E-state index contributed by atoms with van der Waals surface area (Å²) in [5.74, 6) is 0.283. The molecule has 0 aliphatic heterocycles. The van der Waals surface area contributed by atoms with Gasteiger partial charge in [-0.15, -0.1) is 0 Å². The average Bonchev–Trinajstić information content (AvgIpc) is 3.11. The number of rotatable bonds is 4. The Kier molecular flexibility index (Phi) is 3.64. The predicted octanol–water partition coefficient (Wildman–Crippen LogP) is 2.14. The van der Waals surface area contributed by atoms with Gasteiger partial charge < -0.3 is 5.32 Å². The zero-order chi connectivity index (χ0) is 13.3. The van der Waals surface area contributed by atoms with Crippen molar-refractivity contribution >= 4 is 25.6 Å². The third-order valence-electron chi connectivity index (χ3n) is 3.07. The Bertz CT molecular complexity index is 566. The van der Waals surface area contributed by atoms with Gasteiger partial charge in [0.25, 0.3) is 15.0 Å². The summed E-state index contributed by atoms with van der Waals surface area (Å²) in [4.78, 5) is 11.9. The van der Waals surface area contributed by atoms with E-state index in [-0.39, 0.29) is 16.8 Å². The summed E-state index contributed by atoms with van der Waals surface area (Å²) in [6, 6.07) is 5.85. The van der Waals surface area contributed by atoms with Crippen molar-refractivity contribution in [2.45, 2.75) is 30.7 Å². The minimum atomic E-state index is -3.80. The summed E-state index contributed by atoms with van der Waals surface area (Å²) < 4.78 is 22.4. The topological polar surface area (TPSA) is 63.2 Å². The van der Waals surface area contributed by atoms with Crippen molar-refractivity contribution < 1.29 is 13.2 Å². The molecule has 98 valence electrons. The molecule has 1 aromatic rings. The lowest BCUT2D eigenvalue weighted by Crippen LogP contribution is -2.34. The molecule has 1 saturated carbocycles. The second kappa shape index (κ2) is 4.90. The molecule has 2 rings (SSSR count). The van der Waals surface area contributed by atoms with Crippen molar-refractivity contribution in [2.24, 2.45) is 5.92 Å². The molecule has 1 aliphatic carbocycles. The molecule has 1 atom stereocenters. The minimum absolute atomic E-state index is 0.0594. The van der Waals surface area contributed by atoms with E-state index in [2.05, 4.69) is 5.32 Å². The number of hydrogen-bond donors (Lipinski definition) is 1. The summed E-state index contributed by atoms with van der Waals surface area (Å²) in [7, 11) is 1.44. The first kappa shape index (κ1) is 13.4. The Hall–Kier alpha value is -1.07. The highest BCUT2D eigenvalue weighted by Gasteiger charge is 2.29. The lowest BCUT2D eigenvalue weighted by molar-refractivity contribution is 0.0935. The summed E-state index contributed by atoms with van der Waals surface area (Å²) in [6.07, 6.45) is 2.27. The summed E-state index contributed by atoms with van der Waals surface area (Å²) >= 11 is 0. The molecule has 1 unspecified atom stereocenters. The Labute approximate surface area is 111 Å². The van der Waals surface area contributed by atoms with Crippen LogP contribution < -0.4 is 5.32 Å². The number of carbonyl (C=O) groups excluding carboxylic acids is 1. The molecular formula is C12H14ClNO3S. The molecule has 1 aromatic carbocycles. The highest BCUT2D eigenvalue weighted by molar-refractivity contribution is 8.13. The number of hydrogen-bond acceptors (Lipinski definition) is 3. The van der Waals surface area contributed by atoms with Gasteiger partial charge in [0.05, 0.1) is 4.90 Å². The summed E-state index contributed by atoms with van der Waals surface area (Å²) in [5.41, 5.74) is 0.309. The maximum Gasteiger partial charge on any atom is 0.261 e. The smallest absolute Gasteiger partial charge is 0.261 e. The number of carbonyl (C=O) groups is 1. The van der Waals surface area contributed by atoms with Crippen LogP contribution in [0.3, 0.4) is 0 Å². The van der Waals surface area contributed by atoms with Gasteiger partial charge in [-0.1, -0.05) is 6.07 Å². The largest absolute Gasteiger partial charge is 0.349 e. The van der Waals surface area contributed by atoms with Gasteiger partial charge in [0.1, 0.15) is 0 Å². The van der Waals surface area contributed by atoms with Crippen LogP contribution in [0.4, 0.5) is 0 Å². The maximum atomic E-state index is 11.9. The normalized spacial score (nSPS) is 17.2. The molecule has 1 amide bonds. The molecule has 0 radical (unpaired) electrons. The van der Waals surface area contributed by atoms with Crippen LogP contribution in [0.2, 0.25) is 0 Å². The molecule has 4 nitrogen and oxygen atoms in total.